The van der Waals surface area contributed by atoms with E-state index in [1.54, 1.807) is 25.1 Å². The second-order valence-corrected chi connectivity index (χ2v) is 7.59. The van der Waals surface area contributed by atoms with Crippen molar-refractivity contribution >= 4 is 15.7 Å². The molecule has 1 aromatic carbocycles. The topological polar surface area (TPSA) is 75.4 Å². The molecule has 0 amide bonds. The molecule has 6 heteroatoms. The Morgan fingerprint density at radius 3 is 2.57 bits per heavy atom. The number of aryl methyl sites for hydroxylation is 1. The predicted octanol–water partition coefficient (Wildman–Crippen LogP) is 1.73. The third-order valence-corrected chi connectivity index (χ3v) is 5.58. The normalized spacial score (nSPS) is 18.6. The third kappa shape index (κ3) is 4.43. The number of likely N-dealkylation sites (tertiary alicyclic amines) is 1. The third-order valence-electron chi connectivity index (χ3n) is 3.83. The number of piperidine rings is 1. The van der Waals surface area contributed by atoms with Crippen LogP contribution in [0.25, 0.3) is 0 Å². The van der Waals surface area contributed by atoms with Gasteiger partial charge in [0.1, 0.15) is 0 Å². The van der Waals surface area contributed by atoms with E-state index in [1.165, 1.54) is 19.3 Å². The molecule has 0 spiro atoms. The number of nitrogens with one attached hydrogen (secondary N) is 1. The first kappa shape index (κ1) is 16.3. The molecule has 1 heterocycles. The van der Waals surface area contributed by atoms with E-state index >= 15 is 0 Å². The molecular formula is C15H25N3O2S. The van der Waals surface area contributed by atoms with Crippen molar-refractivity contribution < 1.29 is 8.42 Å². The number of sulfonamides is 1. The Labute approximate surface area is 127 Å². The largest absolute Gasteiger partial charge is 0.399 e. The quantitative estimate of drug-likeness (QED) is 0.812. The highest BCUT2D eigenvalue weighted by Crippen LogP contribution is 2.18. The van der Waals surface area contributed by atoms with Crippen molar-refractivity contribution in [1.82, 2.24) is 9.62 Å². The summed E-state index contributed by atoms with van der Waals surface area (Å²) in [6.45, 7) is 6.56. The summed E-state index contributed by atoms with van der Waals surface area (Å²) in [5, 5.41) is 0. The van der Waals surface area contributed by atoms with Crippen molar-refractivity contribution in [2.24, 2.45) is 0 Å². The Morgan fingerprint density at radius 1 is 1.29 bits per heavy atom. The van der Waals surface area contributed by atoms with Crippen molar-refractivity contribution in [2.75, 3.05) is 25.4 Å². The van der Waals surface area contributed by atoms with Crippen molar-refractivity contribution in [3.63, 3.8) is 0 Å². The maximum atomic E-state index is 12.4. The minimum absolute atomic E-state index is 0.106. The number of rotatable bonds is 5. The molecule has 1 fully saturated rings. The van der Waals surface area contributed by atoms with E-state index < -0.39 is 10.0 Å². The van der Waals surface area contributed by atoms with Crippen LogP contribution in [0.3, 0.4) is 0 Å². The molecule has 1 atom stereocenters. The van der Waals surface area contributed by atoms with Gasteiger partial charge in [-0.1, -0.05) is 6.42 Å². The van der Waals surface area contributed by atoms with Crippen LogP contribution < -0.4 is 10.5 Å². The van der Waals surface area contributed by atoms with Crippen LogP contribution in [0.4, 0.5) is 5.69 Å². The summed E-state index contributed by atoms with van der Waals surface area (Å²) < 4.78 is 27.7. The van der Waals surface area contributed by atoms with E-state index in [1.807, 2.05) is 6.92 Å². The number of nitrogen functional groups attached to an aromatic ring is 1. The summed E-state index contributed by atoms with van der Waals surface area (Å²) in [5.41, 5.74) is 6.92. The van der Waals surface area contributed by atoms with Crippen LogP contribution in [0.2, 0.25) is 0 Å². The van der Waals surface area contributed by atoms with Crippen LogP contribution in [0.5, 0.6) is 0 Å². The van der Waals surface area contributed by atoms with E-state index in [2.05, 4.69) is 9.62 Å². The number of benzene rings is 1. The molecule has 0 aromatic heterocycles. The smallest absolute Gasteiger partial charge is 0.241 e. The fraction of sp³-hybridized carbons (Fsp3) is 0.600. The van der Waals surface area contributed by atoms with Gasteiger partial charge in [0.15, 0.2) is 0 Å². The molecule has 0 radical (unpaired) electrons. The Kier molecular flexibility index (Phi) is 5.24. The number of nitrogens with zero attached hydrogens (tertiary/aromatic N) is 1. The first-order valence-corrected chi connectivity index (χ1v) is 8.97. The van der Waals surface area contributed by atoms with E-state index in [-0.39, 0.29) is 6.04 Å². The zero-order valence-corrected chi connectivity index (χ0v) is 13.6. The molecular weight excluding hydrogens is 286 g/mol. The number of nitrogens with two attached hydrogens (primary N) is 1. The van der Waals surface area contributed by atoms with Crippen LogP contribution >= 0.6 is 0 Å². The Bertz CT molecular complexity index is 581. The SMILES string of the molecule is Cc1cc(N)ccc1S(=O)(=O)NC(C)CN1CCCCC1. The van der Waals surface area contributed by atoms with Gasteiger partial charge in [0.25, 0.3) is 0 Å². The molecule has 5 nitrogen and oxygen atoms in total. The highest BCUT2D eigenvalue weighted by atomic mass is 32.2. The molecule has 0 saturated carbocycles. The van der Waals surface area contributed by atoms with E-state index in [0.717, 1.165) is 19.6 Å². The van der Waals surface area contributed by atoms with E-state index in [9.17, 15) is 8.42 Å². The zero-order chi connectivity index (χ0) is 15.5. The molecule has 1 saturated heterocycles. The summed E-state index contributed by atoms with van der Waals surface area (Å²) in [6, 6.07) is 4.77. The maximum Gasteiger partial charge on any atom is 0.241 e. The number of hydrogen-bond acceptors (Lipinski definition) is 4. The van der Waals surface area contributed by atoms with Gasteiger partial charge in [-0.3, -0.25) is 0 Å². The standard InChI is InChI=1S/C15H25N3O2S/c1-12-10-14(16)6-7-15(12)21(19,20)17-13(2)11-18-8-4-3-5-9-18/h6-7,10,13,17H,3-5,8-9,11,16H2,1-2H3. The molecule has 1 aliphatic heterocycles. The summed E-state index contributed by atoms with van der Waals surface area (Å²) in [6.07, 6.45) is 3.69. The number of hydrogen-bond donors (Lipinski definition) is 2. The van der Waals surface area contributed by atoms with Crippen LogP contribution in [-0.4, -0.2) is 39.0 Å². The summed E-state index contributed by atoms with van der Waals surface area (Å²) in [7, 11) is -3.49. The summed E-state index contributed by atoms with van der Waals surface area (Å²) >= 11 is 0. The molecule has 21 heavy (non-hydrogen) atoms. The van der Waals surface area contributed by atoms with E-state index in [0.29, 0.717) is 16.1 Å². The second kappa shape index (κ2) is 6.77. The predicted molar refractivity (Wildman–Crippen MR) is 85.7 cm³/mol. The first-order valence-electron chi connectivity index (χ1n) is 7.49. The van der Waals surface area contributed by atoms with Crippen LogP contribution in [0, 0.1) is 6.92 Å². The second-order valence-electron chi connectivity index (χ2n) is 5.91. The maximum absolute atomic E-state index is 12.4. The van der Waals surface area contributed by atoms with Gasteiger partial charge in [-0.15, -0.1) is 0 Å². The van der Waals surface area contributed by atoms with Gasteiger partial charge in [0.2, 0.25) is 10.0 Å². The Balaban J connectivity index is 2.02. The van der Waals surface area contributed by atoms with Gasteiger partial charge in [0, 0.05) is 18.3 Å². The molecule has 1 unspecified atom stereocenters. The lowest BCUT2D eigenvalue weighted by Gasteiger charge is -2.29. The first-order chi connectivity index (χ1) is 9.88. The van der Waals surface area contributed by atoms with Crippen molar-refractivity contribution in [1.29, 1.82) is 0 Å². The van der Waals surface area contributed by atoms with Crippen molar-refractivity contribution in [3.8, 4) is 0 Å². The molecule has 0 bridgehead atoms. The summed E-state index contributed by atoms with van der Waals surface area (Å²) in [4.78, 5) is 2.63. The minimum atomic E-state index is -3.49. The lowest BCUT2D eigenvalue weighted by Crippen LogP contribution is -2.43. The molecule has 118 valence electrons. The van der Waals surface area contributed by atoms with Crippen LogP contribution in [0.1, 0.15) is 31.7 Å². The lowest BCUT2D eigenvalue weighted by molar-refractivity contribution is 0.215. The van der Waals surface area contributed by atoms with Crippen LogP contribution in [-0.2, 0) is 10.0 Å². The van der Waals surface area contributed by atoms with Gasteiger partial charge >= 0.3 is 0 Å². The van der Waals surface area contributed by atoms with Gasteiger partial charge in [-0.25, -0.2) is 13.1 Å². The highest BCUT2D eigenvalue weighted by molar-refractivity contribution is 7.89. The van der Waals surface area contributed by atoms with Gasteiger partial charge in [-0.2, -0.15) is 0 Å². The van der Waals surface area contributed by atoms with E-state index in [4.69, 9.17) is 5.73 Å². The monoisotopic (exact) mass is 311 g/mol. The Hall–Kier alpha value is -1.11. The molecule has 2 rings (SSSR count). The fourth-order valence-corrected chi connectivity index (χ4v) is 4.33. The zero-order valence-electron chi connectivity index (χ0n) is 12.8. The van der Waals surface area contributed by atoms with Gasteiger partial charge in [0.05, 0.1) is 4.90 Å². The minimum Gasteiger partial charge on any atom is -0.399 e. The average Bonchev–Trinajstić information content (AvgIpc) is 2.38. The Morgan fingerprint density at radius 2 is 1.95 bits per heavy atom. The van der Waals surface area contributed by atoms with Gasteiger partial charge in [-0.05, 0) is 63.5 Å². The molecule has 1 aliphatic rings. The molecule has 1 aromatic rings. The molecule has 3 N–H and O–H groups in total. The highest BCUT2D eigenvalue weighted by Gasteiger charge is 2.21. The fourth-order valence-electron chi connectivity index (χ4n) is 2.87. The van der Waals surface area contributed by atoms with Crippen molar-refractivity contribution in [2.45, 2.75) is 44.0 Å². The average molecular weight is 311 g/mol. The van der Waals surface area contributed by atoms with Crippen LogP contribution in [0.15, 0.2) is 23.1 Å². The van der Waals surface area contributed by atoms with Crippen molar-refractivity contribution in [3.05, 3.63) is 23.8 Å². The molecule has 0 aliphatic carbocycles. The van der Waals surface area contributed by atoms with Gasteiger partial charge < -0.3 is 10.6 Å². The lowest BCUT2D eigenvalue weighted by atomic mass is 10.1. The number of anilines is 1. The summed E-state index contributed by atoms with van der Waals surface area (Å²) in [5.74, 6) is 0.